The van der Waals surface area contributed by atoms with E-state index in [4.69, 9.17) is 16.3 Å². The second-order valence-electron chi connectivity index (χ2n) is 5.71. The van der Waals surface area contributed by atoms with Crippen molar-refractivity contribution in [3.8, 4) is 17.1 Å². The molecule has 3 aromatic rings. The number of carbonyl (C=O) groups is 1. The molecule has 3 rings (SSSR count). The lowest BCUT2D eigenvalue weighted by Gasteiger charge is -2.18. The monoisotopic (exact) mass is 371 g/mol. The molecule has 26 heavy (non-hydrogen) atoms. The first-order valence-corrected chi connectivity index (χ1v) is 8.34. The molecular formula is C18H18ClN5O2. The lowest BCUT2D eigenvalue weighted by molar-refractivity contribution is -0.131. The van der Waals surface area contributed by atoms with E-state index in [1.807, 2.05) is 24.3 Å². The minimum Gasteiger partial charge on any atom is -0.496 e. The second kappa shape index (κ2) is 7.97. The molecule has 7 nitrogen and oxygen atoms in total. The number of rotatable bonds is 6. The summed E-state index contributed by atoms with van der Waals surface area (Å²) in [5, 5.41) is 12.8. The van der Waals surface area contributed by atoms with Crippen LogP contribution in [0.25, 0.3) is 11.4 Å². The van der Waals surface area contributed by atoms with Crippen molar-refractivity contribution in [1.29, 1.82) is 0 Å². The third-order valence-corrected chi connectivity index (χ3v) is 4.11. The number of halogens is 1. The largest absolute Gasteiger partial charge is 0.496 e. The summed E-state index contributed by atoms with van der Waals surface area (Å²) in [6, 6.07) is 14.7. The average Bonchev–Trinajstić information content (AvgIpc) is 3.11. The van der Waals surface area contributed by atoms with Crippen molar-refractivity contribution in [1.82, 2.24) is 25.1 Å². The number of tetrazole rings is 1. The van der Waals surface area contributed by atoms with E-state index in [1.54, 1.807) is 43.3 Å². The van der Waals surface area contributed by atoms with E-state index in [0.29, 0.717) is 17.4 Å². The molecule has 0 aliphatic heterocycles. The maximum Gasteiger partial charge on any atom is 0.246 e. The normalized spacial score (nSPS) is 10.6. The zero-order valence-corrected chi connectivity index (χ0v) is 15.2. The number of hydrogen-bond donors (Lipinski definition) is 0. The standard InChI is InChI=1S/C18H18ClN5O2/c1-23(11-14-5-3-4-6-16(14)26-2)17(25)12-24-21-18(20-22-24)13-7-9-15(19)10-8-13/h3-10H,11-12H2,1-2H3. The highest BCUT2D eigenvalue weighted by atomic mass is 35.5. The highest BCUT2D eigenvalue weighted by Gasteiger charge is 2.15. The van der Waals surface area contributed by atoms with Crippen molar-refractivity contribution >= 4 is 17.5 Å². The first kappa shape index (κ1) is 17.9. The molecule has 1 amide bonds. The van der Waals surface area contributed by atoms with E-state index in [1.165, 1.54) is 4.80 Å². The fourth-order valence-electron chi connectivity index (χ4n) is 2.44. The summed E-state index contributed by atoms with van der Waals surface area (Å²) in [5.74, 6) is 1.06. The second-order valence-corrected chi connectivity index (χ2v) is 6.15. The Hall–Kier alpha value is -2.93. The summed E-state index contributed by atoms with van der Waals surface area (Å²) in [4.78, 5) is 15.3. The van der Waals surface area contributed by atoms with E-state index >= 15 is 0 Å². The molecule has 0 aliphatic carbocycles. The Morgan fingerprint density at radius 2 is 1.92 bits per heavy atom. The molecule has 134 valence electrons. The van der Waals surface area contributed by atoms with Crippen molar-refractivity contribution in [2.45, 2.75) is 13.1 Å². The van der Waals surface area contributed by atoms with Gasteiger partial charge < -0.3 is 9.64 Å². The van der Waals surface area contributed by atoms with E-state index in [0.717, 1.165) is 16.9 Å². The first-order valence-electron chi connectivity index (χ1n) is 7.96. The van der Waals surface area contributed by atoms with Gasteiger partial charge in [-0.2, -0.15) is 4.80 Å². The van der Waals surface area contributed by atoms with Crippen LogP contribution >= 0.6 is 11.6 Å². The maximum absolute atomic E-state index is 12.4. The van der Waals surface area contributed by atoms with Crippen LogP contribution in [0.5, 0.6) is 5.75 Å². The SMILES string of the molecule is COc1ccccc1CN(C)C(=O)Cn1nnc(-c2ccc(Cl)cc2)n1. The molecule has 1 heterocycles. The van der Waals surface area contributed by atoms with Crippen LogP contribution in [-0.4, -0.2) is 45.2 Å². The van der Waals surface area contributed by atoms with Crippen LogP contribution in [0.15, 0.2) is 48.5 Å². The Kier molecular flexibility index (Phi) is 5.48. The summed E-state index contributed by atoms with van der Waals surface area (Å²) >= 11 is 5.88. The Balaban J connectivity index is 1.65. The number of likely N-dealkylation sites (N-methyl/N-ethyl adjacent to an activating group) is 1. The first-order chi connectivity index (χ1) is 12.6. The van der Waals surface area contributed by atoms with Crippen LogP contribution in [0.4, 0.5) is 0 Å². The van der Waals surface area contributed by atoms with E-state index in [9.17, 15) is 4.79 Å². The van der Waals surface area contributed by atoms with Crippen LogP contribution in [0, 0.1) is 0 Å². The van der Waals surface area contributed by atoms with Gasteiger partial charge in [-0.1, -0.05) is 29.8 Å². The predicted octanol–water partition coefficient (Wildman–Crippen LogP) is 2.66. The van der Waals surface area contributed by atoms with Gasteiger partial charge in [0.2, 0.25) is 11.7 Å². The predicted molar refractivity (Wildman–Crippen MR) is 97.7 cm³/mol. The molecule has 0 aliphatic rings. The molecule has 0 bridgehead atoms. The number of methoxy groups -OCH3 is 1. The molecule has 2 aromatic carbocycles. The van der Waals surface area contributed by atoms with Crippen LogP contribution < -0.4 is 4.74 Å². The number of nitrogens with zero attached hydrogens (tertiary/aromatic N) is 5. The number of amides is 1. The van der Waals surface area contributed by atoms with Crippen molar-refractivity contribution in [3.05, 3.63) is 59.1 Å². The number of carbonyl (C=O) groups excluding carboxylic acids is 1. The maximum atomic E-state index is 12.4. The van der Waals surface area contributed by atoms with Gasteiger partial charge in [-0.25, -0.2) is 0 Å². The molecule has 0 unspecified atom stereocenters. The molecule has 8 heteroatoms. The van der Waals surface area contributed by atoms with Gasteiger partial charge >= 0.3 is 0 Å². The molecule has 0 radical (unpaired) electrons. The van der Waals surface area contributed by atoms with E-state index in [-0.39, 0.29) is 12.5 Å². The summed E-state index contributed by atoms with van der Waals surface area (Å²) < 4.78 is 5.32. The fraction of sp³-hybridized carbons (Fsp3) is 0.222. The molecular weight excluding hydrogens is 354 g/mol. The van der Waals surface area contributed by atoms with Gasteiger partial charge in [0.15, 0.2) is 0 Å². The summed E-state index contributed by atoms with van der Waals surface area (Å²) in [6.07, 6.45) is 0. The minimum absolute atomic E-state index is 0.00619. The zero-order chi connectivity index (χ0) is 18.5. The lowest BCUT2D eigenvalue weighted by Crippen LogP contribution is -2.30. The number of para-hydroxylation sites is 1. The van der Waals surface area contributed by atoms with Crippen molar-refractivity contribution < 1.29 is 9.53 Å². The number of hydrogen-bond acceptors (Lipinski definition) is 5. The Bertz CT molecular complexity index is 895. The Labute approximate surface area is 156 Å². The average molecular weight is 372 g/mol. The van der Waals surface area contributed by atoms with Crippen LogP contribution in [0.2, 0.25) is 5.02 Å². The zero-order valence-electron chi connectivity index (χ0n) is 14.5. The lowest BCUT2D eigenvalue weighted by atomic mass is 10.2. The van der Waals surface area contributed by atoms with Gasteiger partial charge in [0.25, 0.3) is 0 Å². The van der Waals surface area contributed by atoms with Crippen LogP contribution in [0.3, 0.4) is 0 Å². The minimum atomic E-state index is -0.129. The number of benzene rings is 2. The number of ether oxygens (including phenoxy) is 1. The topological polar surface area (TPSA) is 73.1 Å². The van der Waals surface area contributed by atoms with Crippen molar-refractivity contribution in [2.75, 3.05) is 14.2 Å². The van der Waals surface area contributed by atoms with Gasteiger partial charge in [-0.05, 0) is 35.5 Å². The third kappa shape index (κ3) is 4.18. The Morgan fingerprint density at radius 3 is 2.65 bits per heavy atom. The fourth-order valence-corrected chi connectivity index (χ4v) is 2.57. The Morgan fingerprint density at radius 1 is 1.19 bits per heavy atom. The highest BCUT2D eigenvalue weighted by Crippen LogP contribution is 2.19. The molecule has 1 aromatic heterocycles. The molecule has 0 N–H and O–H groups in total. The molecule has 0 spiro atoms. The van der Waals surface area contributed by atoms with E-state index in [2.05, 4.69) is 15.4 Å². The highest BCUT2D eigenvalue weighted by molar-refractivity contribution is 6.30. The van der Waals surface area contributed by atoms with Gasteiger partial charge in [0, 0.05) is 29.7 Å². The molecule has 0 saturated carbocycles. The summed E-state index contributed by atoms with van der Waals surface area (Å²) in [6.45, 7) is 0.438. The smallest absolute Gasteiger partial charge is 0.246 e. The van der Waals surface area contributed by atoms with Crippen molar-refractivity contribution in [2.24, 2.45) is 0 Å². The van der Waals surface area contributed by atoms with Gasteiger partial charge in [-0.15, -0.1) is 10.2 Å². The van der Waals surface area contributed by atoms with Crippen LogP contribution in [0.1, 0.15) is 5.56 Å². The molecule has 0 fully saturated rings. The van der Waals surface area contributed by atoms with Gasteiger partial charge in [-0.3, -0.25) is 4.79 Å². The molecule has 0 atom stereocenters. The van der Waals surface area contributed by atoms with E-state index < -0.39 is 0 Å². The van der Waals surface area contributed by atoms with Crippen molar-refractivity contribution in [3.63, 3.8) is 0 Å². The quantitative estimate of drug-likeness (QED) is 0.666. The third-order valence-electron chi connectivity index (χ3n) is 3.86. The van der Waals surface area contributed by atoms with Crippen LogP contribution in [-0.2, 0) is 17.9 Å². The summed E-state index contributed by atoms with van der Waals surface area (Å²) in [5.41, 5.74) is 1.72. The number of aromatic nitrogens is 4. The van der Waals surface area contributed by atoms with Gasteiger partial charge in [0.05, 0.1) is 7.11 Å². The molecule has 0 saturated heterocycles. The van der Waals surface area contributed by atoms with Gasteiger partial charge in [0.1, 0.15) is 12.3 Å². The summed E-state index contributed by atoms with van der Waals surface area (Å²) in [7, 11) is 3.34.